The second kappa shape index (κ2) is 5.97. The molecule has 0 saturated carbocycles. The fourth-order valence-corrected chi connectivity index (χ4v) is 3.15. The molecule has 1 aliphatic rings. The van der Waals surface area contributed by atoms with Gasteiger partial charge in [-0.3, -0.25) is 0 Å². The zero-order valence-corrected chi connectivity index (χ0v) is 13.1. The van der Waals surface area contributed by atoms with E-state index in [1.165, 1.54) is 18.5 Å². The normalized spacial score (nSPS) is 19.0. The number of nitrogens with one attached hydrogen (secondary N) is 1. The molecule has 1 unspecified atom stereocenters. The quantitative estimate of drug-likeness (QED) is 0.933. The van der Waals surface area contributed by atoms with Crippen LogP contribution in [-0.4, -0.2) is 23.2 Å². The summed E-state index contributed by atoms with van der Waals surface area (Å²) in [4.78, 5) is 4.33. The Morgan fingerprint density at radius 3 is 3.00 bits per heavy atom. The molecule has 1 aromatic heterocycles. The van der Waals surface area contributed by atoms with Gasteiger partial charge in [-0.1, -0.05) is 22.4 Å². The first kappa shape index (κ1) is 13.6. The zero-order chi connectivity index (χ0) is 13.9. The summed E-state index contributed by atoms with van der Waals surface area (Å²) < 4.78 is 8.48. The van der Waals surface area contributed by atoms with E-state index in [2.05, 4.69) is 36.9 Å². The third-order valence-corrected chi connectivity index (χ3v) is 4.16. The third-order valence-electron chi connectivity index (χ3n) is 3.70. The molecule has 0 aliphatic carbocycles. The Morgan fingerprint density at radius 2 is 2.25 bits per heavy atom. The van der Waals surface area contributed by atoms with E-state index in [1.807, 2.05) is 24.7 Å². The van der Waals surface area contributed by atoms with Crippen molar-refractivity contribution >= 4 is 15.9 Å². The van der Waals surface area contributed by atoms with E-state index < -0.39 is 0 Å². The van der Waals surface area contributed by atoms with Gasteiger partial charge in [-0.2, -0.15) is 0 Å². The van der Waals surface area contributed by atoms with Gasteiger partial charge in [-0.15, -0.1) is 0 Å². The predicted molar refractivity (Wildman–Crippen MR) is 82.4 cm³/mol. The summed E-state index contributed by atoms with van der Waals surface area (Å²) in [5.41, 5.74) is 2.28. The van der Waals surface area contributed by atoms with Gasteiger partial charge in [0.2, 0.25) is 0 Å². The van der Waals surface area contributed by atoms with E-state index >= 15 is 0 Å². The molecule has 1 atom stereocenters. The smallest absolute Gasteiger partial charge is 0.122 e. The fourth-order valence-electron chi connectivity index (χ4n) is 2.69. The Kier molecular flexibility index (Phi) is 4.08. The van der Waals surface area contributed by atoms with Crippen molar-refractivity contribution in [1.82, 2.24) is 14.9 Å². The molecule has 0 bridgehead atoms. The van der Waals surface area contributed by atoms with Crippen LogP contribution in [0.2, 0.25) is 0 Å². The number of piperidine rings is 1. The standard InChI is InChI=1S/C15H18BrN3O/c1-20-13-7-11(16)6-12(8-13)19-10-17-9-15(19)14-4-2-3-5-18-14/h6-10,14,18H,2-5H2,1H3. The molecule has 0 radical (unpaired) electrons. The van der Waals surface area contributed by atoms with Crippen LogP contribution in [0.3, 0.4) is 0 Å². The molecule has 20 heavy (non-hydrogen) atoms. The average molecular weight is 336 g/mol. The van der Waals surface area contributed by atoms with Gasteiger partial charge in [-0.05, 0) is 31.5 Å². The van der Waals surface area contributed by atoms with Crippen molar-refractivity contribution < 1.29 is 4.74 Å². The summed E-state index contributed by atoms with van der Waals surface area (Å²) in [5.74, 6) is 0.839. The summed E-state index contributed by atoms with van der Waals surface area (Å²) in [7, 11) is 1.68. The van der Waals surface area contributed by atoms with Gasteiger partial charge < -0.3 is 14.6 Å². The molecular formula is C15H18BrN3O. The molecule has 1 aromatic carbocycles. The number of methoxy groups -OCH3 is 1. The summed E-state index contributed by atoms with van der Waals surface area (Å²) in [6.07, 6.45) is 7.51. The molecule has 106 valence electrons. The van der Waals surface area contributed by atoms with E-state index in [4.69, 9.17) is 4.74 Å². The summed E-state index contributed by atoms with van der Waals surface area (Å²) in [6.45, 7) is 1.08. The number of ether oxygens (including phenoxy) is 1. The predicted octanol–water partition coefficient (Wildman–Crippen LogP) is 3.46. The lowest BCUT2D eigenvalue weighted by Gasteiger charge is -2.24. The van der Waals surface area contributed by atoms with Crippen LogP contribution in [0.15, 0.2) is 35.2 Å². The maximum atomic E-state index is 5.34. The lowest BCUT2D eigenvalue weighted by atomic mass is 10.0. The SMILES string of the molecule is COc1cc(Br)cc(-n2cncc2C2CCCCN2)c1. The van der Waals surface area contributed by atoms with Crippen molar-refractivity contribution in [2.24, 2.45) is 0 Å². The van der Waals surface area contributed by atoms with Crippen LogP contribution in [0, 0.1) is 0 Å². The van der Waals surface area contributed by atoms with Crippen molar-refractivity contribution in [1.29, 1.82) is 0 Å². The Bertz CT molecular complexity index is 591. The molecule has 1 N–H and O–H groups in total. The summed E-state index contributed by atoms with van der Waals surface area (Å²) in [5, 5.41) is 3.57. The largest absolute Gasteiger partial charge is 0.497 e. The van der Waals surface area contributed by atoms with Crippen molar-refractivity contribution in [3.8, 4) is 11.4 Å². The van der Waals surface area contributed by atoms with Gasteiger partial charge in [0.25, 0.3) is 0 Å². The Morgan fingerprint density at radius 1 is 1.35 bits per heavy atom. The van der Waals surface area contributed by atoms with Crippen LogP contribution in [0.5, 0.6) is 5.75 Å². The molecular weight excluding hydrogens is 318 g/mol. The Hall–Kier alpha value is -1.33. The highest BCUT2D eigenvalue weighted by Crippen LogP contribution is 2.28. The van der Waals surface area contributed by atoms with Crippen molar-refractivity contribution in [2.75, 3.05) is 13.7 Å². The van der Waals surface area contributed by atoms with Crippen LogP contribution in [0.4, 0.5) is 0 Å². The molecule has 0 spiro atoms. The van der Waals surface area contributed by atoms with Gasteiger partial charge in [0.05, 0.1) is 31.0 Å². The van der Waals surface area contributed by atoms with E-state index in [9.17, 15) is 0 Å². The molecule has 2 aromatic rings. The molecule has 1 aliphatic heterocycles. The molecule has 5 heteroatoms. The third kappa shape index (κ3) is 2.74. The topological polar surface area (TPSA) is 39.1 Å². The number of aromatic nitrogens is 2. The second-order valence-corrected chi connectivity index (χ2v) is 5.96. The average Bonchev–Trinajstić information content (AvgIpc) is 2.97. The minimum absolute atomic E-state index is 0.385. The summed E-state index contributed by atoms with van der Waals surface area (Å²) >= 11 is 3.53. The number of halogens is 1. The molecule has 1 saturated heterocycles. The van der Waals surface area contributed by atoms with Crippen molar-refractivity contribution in [2.45, 2.75) is 25.3 Å². The van der Waals surface area contributed by atoms with Crippen LogP contribution < -0.4 is 10.1 Å². The number of hydrogen-bond acceptors (Lipinski definition) is 3. The van der Waals surface area contributed by atoms with Gasteiger partial charge in [-0.25, -0.2) is 4.98 Å². The second-order valence-electron chi connectivity index (χ2n) is 5.04. The maximum absolute atomic E-state index is 5.34. The van der Waals surface area contributed by atoms with Crippen molar-refractivity contribution in [3.05, 3.63) is 40.9 Å². The van der Waals surface area contributed by atoms with Gasteiger partial charge in [0.15, 0.2) is 0 Å². The highest BCUT2D eigenvalue weighted by atomic mass is 79.9. The van der Waals surface area contributed by atoms with E-state index in [1.54, 1.807) is 7.11 Å². The number of nitrogens with zero attached hydrogens (tertiary/aromatic N) is 2. The van der Waals surface area contributed by atoms with Crippen molar-refractivity contribution in [3.63, 3.8) is 0 Å². The summed E-state index contributed by atoms with van der Waals surface area (Å²) in [6, 6.07) is 6.45. The molecule has 4 nitrogen and oxygen atoms in total. The van der Waals surface area contributed by atoms with E-state index in [-0.39, 0.29) is 0 Å². The first-order chi connectivity index (χ1) is 9.78. The van der Waals surface area contributed by atoms with Crippen LogP contribution in [0.1, 0.15) is 31.0 Å². The molecule has 2 heterocycles. The van der Waals surface area contributed by atoms with E-state index in [0.29, 0.717) is 6.04 Å². The minimum Gasteiger partial charge on any atom is -0.497 e. The number of benzene rings is 1. The zero-order valence-electron chi connectivity index (χ0n) is 11.5. The first-order valence-corrected chi connectivity index (χ1v) is 7.68. The Labute approximate surface area is 127 Å². The lowest BCUT2D eigenvalue weighted by Crippen LogP contribution is -2.28. The van der Waals surface area contributed by atoms with Gasteiger partial charge in [0.1, 0.15) is 5.75 Å². The number of rotatable bonds is 3. The van der Waals surface area contributed by atoms with Gasteiger partial charge in [0, 0.05) is 16.6 Å². The first-order valence-electron chi connectivity index (χ1n) is 6.88. The Balaban J connectivity index is 1.98. The monoisotopic (exact) mass is 335 g/mol. The van der Waals surface area contributed by atoms with E-state index in [0.717, 1.165) is 28.9 Å². The maximum Gasteiger partial charge on any atom is 0.122 e. The van der Waals surface area contributed by atoms with Crippen LogP contribution in [0.25, 0.3) is 5.69 Å². The number of hydrogen-bond donors (Lipinski definition) is 1. The fraction of sp³-hybridized carbons (Fsp3) is 0.400. The lowest BCUT2D eigenvalue weighted by molar-refractivity contribution is 0.401. The molecule has 3 rings (SSSR count). The number of imidazole rings is 1. The van der Waals surface area contributed by atoms with Crippen LogP contribution >= 0.6 is 15.9 Å². The minimum atomic E-state index is 0.385. The van der Waals surface area contributed by atoms with Crippen LogP contribution in [-0.2, 0) is 0 Å². The highest BCUT2D eigenvalue weighted by Gasteiger charge is 2.19. The molecule has 0 amide bonds. The highest BCUT2D eigenvalue weighted by molar-refractivity contribution is 9.10. The van der Waals surface area contributed by atoms with Gasteiger partial charge >= 0.3 is 0 Å². The molecule has 1 fully saturated rings.